The smallest absolute Gasteiger partial charge is 0.256 e. The van der Waals surface area contributed by atoms with Crippen molar-refractivity contribution in [1.82, 2.24) is 29.4 Å². The van der Waals surface area contributed by atoms with E-state index in [4.69, 9.17) is 0 Å². The highest BCUT2D eigenvalue weighted by Gasteiger charge is 2.21. The van der Waals surface area contributed by atoms with Crippen molar-refractivity contribution in [3.8, 4) is 11.5 Å². The van der Waals surface area contributed by atoms with Crippen LogP contribution < -0.4 is 5.32 Å². The maximum Gasteiger partial charge on any atom is 0.256 e. The zero-order chi connectivity index (χ0) is 20.5. The first-order chi connectivity index (χ1) is 14.0. The fourth-order valence-electron chi connectivity index (χ4n) is 3.36. The lowest BCUT2D eigenvalue weighted by Crippen LogP contribution is -2.24. The Labute approximate surface area is 167 Å². The third-order valence-corrected chi connectivity index (χ3v) is 5.00. The fraction of sp³-hybridized carbons (Fsp3) is 0.190. The Morgan fingerprint density at radius 2 is 1.86 bits per heavy atom. The molecule has 0 unspecified atom stereocenters. The molecular formula is C21H21FN6O. The molecule has 29 heavy (non-hydrogen) atoms. The quantitative estimate of drug-likeness (QED) is 0.567. The first-order valence-electron chi connectivity index (χ1n) is 9.21. The van der Waals surface area contributed by atoms with Crippen LogP contribution in [0.5, 0.6) is 0 Å². The molecule has 0 spiro atoms. The molecule has 1 N–H and O–H groups in total. The summed E-state index contributed by atoms with van der Waals surface area (Å²) in [6.07, 6.45) is 5.04. The van der Waals surface area contributed by atoms with Crippen molar-refractivity contribution in [3.05, 3.63) is 83.3 Å². The van der Waals surface area contributed by atoms with E-state index in [9.17, 15) is 9.18 Å². The highest BCUT2D eigenvalue weighted by atomic mass is 19.1. The second-order valence-corrected chi connectivity index (χ2v) is 6.79. The summed E-state index contributed by atoms with van der Waals surface area (Å²) in [7, 11) is 1.87. The molecule has 0 aliphatic heterocycles. The van der Waals surface area contributed by atoms with E-state index in [2.05, 4.69) is 15.5 Å². The average molecular weight is 392 g/mol. The molecule has 0 aliphatic rings. The van der Waals surface area contributed by atoms with E-state index in [1.54, 1.807) is 39.8 Å². The number of halogens is 1. The maximum absolute atomic E-state index is 14.4. The van der Waals surface area contributed by atoms with Gasteiger partial charge in [-0.1, -0.05) is 12.1 Å². The number of nitrogens with zero attached hydrogens (tertiary/aromatic N) is 5. The largest absolute Gasteiger partial charge is 0.348 e. The van der Waals surface area contributed by atoms with Gasteiger partial charge in [0.15, 0.2) is 5.82 Å². The Morgan fingerprint density at radius 3 is 2.52 bits per heavy atom. The van der Waals surface area contributed by atoms with Crippen molar-refractivity contribution in [3.63, 3.8) is 0 Å². The summed E-state index contributed by atoms with van der Waals surface area (Å²) >= 11 is 0. The number of hydrogen-bond donors (Lipinski definition) is 1. The predicted molar refractivity (Wildman–Crippen MR) is 107 cm³/mol. The van der Waals surface area contributed by atoms with Crippen molar-refractivity contribution >= 4 is 5.91 Å². The second-order valence-electron chi connectivity index (χ2n) is 6.79. The number of aromatic nitrogens is 5. The van der Waals surface area contributed by atoms with Crippen LogP contribution in [0.15, 0.2) is 55.0 Å². The molecule has 0 saturated carbocycles. The number of benzene rings is 1. The maximum atomic E-state index is 14.4. The van der Waals surface area contributed by atoms with Gasteiger partial charge >= 0.3 is 0 Å². The number of aryl methyl sites for hydroxylation is 2. The summed E-state index contributed by atoms with van der Waals surface area (Å²) in [5, 5.41) is 11.6. The van der Waals surface area contributed by atoms with Crippen molar-refractivity contribution in [2.45, 2.75) is 20.4 Å². The molecule has 0 atom stereocenters. The summed E-state index contributed by atoms with van der Waals surface area (Å²) in [6.45, 7) is 4.22. The van der Waals surface area contributed by atoms with Crippen molar-refractivity contribution in [1.29, 1.82) is 0 Å². The summed E-state index contributed by atoms with van der Waals surface area (Å²) in [6, 6.07) is 10.0. The van der Waals surface area contributed by atoms with E-state index in [0.717, 1.165) is 17.0 Å². The second kappa shape index (κ2) is 7.38. The Kier molecular flexibility index (Phi) is 4.75. The molecule has 0 radical (unpaired) electrons. The van der Waals surface area contributed by atoms with Gasteiger partial charge in [0.25, 0.3) is 5.91 Å². The highest BCUT2D eigenvalue weighted by molar-refractivity contribution is 5.97. The standard InChI is InChI=1S/C21H21FN6O/c1-14-16(15(2)26(3)25-14)12-23-20(29)17-13-24-28(19-9-5-4-8-18(19)22)21(17)27-10-6-7-11-27/h4-11,13H,12H2,1-3H3,(H,23,29). The lowest BCUT2D eigenvalue weighted by atomic mass is 10.2. The lowest BCUT2D eigenvalue weighted by Gasteiger charge is -2.12. The van der Waals surface area contributed by atoms with Gasteiger partial charge in [0.05, 0.1) is 11.9 Å². The van der Waals surface area contributed by atoms with Gasteiger partial charge in [0, 0.05) is 37.2 Å². The van der Waals surface area contributed by atoms with Crippen molar-refractivity contribution in [2.75, 3.05) is 0 Å². The van der Waals surface area contributed by atoms with E-state index in [1.807, 2.05) is 33.0 Å². The number of para-hydroxylation sites is 1. The molecule has 1 amide bonds. The zero-order valence-corrected chi connectivity index (χ0v) is 16.4. The normalized spacial score (nSPS) is 11.0. The number of carbonyl (C=O) groups excluding carboxylic acids is 1. The number of nitrogens with one attached hydrogen (secondary N) is 1. The lowest BCUT2D eigenvalue weighted by molar-refractivity contribution is 0.0951. The summed E-state index contributed by atoms with van der Waals surface area (Å²) in [4.78, 5) is 13.0. The average Bonchev–Trinajstić information content (AvgIpc) is 3.41. The Bertz CT molecular complexity index is 1170. The van der Waals surface area contributed by atoms with Crippen LogP contribution in [0, 0.1) is 19.7 Å². The number of carbonyl (C=O) groups is 1. The van der Waals surface area contributed by atoms with Crippen LogP contribution >= 0.6 is 0 Å². The Balaban J connectivity index is 1.70. The molecule has 0 bridgehead atoms. The molecule has 3 heterocycles. The van der Waals surface area contributed by atoms with Crippen LogP contribution in [0.2, 0.25) is 0 Å². The van der Waals surface area contributed by atoms with Gasteiger partial charge < -0.3 is 9.88 Å². The van der Waals surface area contributed by atoms with Gasteiger partial charge in [-0.05, 0) is 38.1 Å². The minimum absolute atomic E-state index is 0.272. The minimum atomic E-state index is -0.419. The number of rotatable bonds is 5. The fourth-order valence-corrected chi connectivity index (χ4v) is 3.36. The van der Waals surface area contributed by atoms with Gasteiger partial charge in [-0.3, -0.25) is 9.48 Å². The molecule has 7 nitrogen and oxygen atoms in total. The van der Waals surface area contributed by atoms with Gasteiger partial charge in [0.1, 0.15) is 17.1 Å². The van der Waals surface area contributed by atoms with Gasteiger partial charge in [-0.25, -0.2) is 9.07 Å². The van der Waals surface area contributed by atoms with Crippen LogP contribution in [0.4, 0.5) is 4.39 Å². The summed E-state index contributed by atoms with van der Waals surface area (Å²) in [5.41, 5.74) is 3.47. The van der Waals surface area contributed by atoms with Crippen LogP contribution in [0.1, 0.15) is 27.3 Å². The molecule has 4 rings (SSSR count). The van der Waals surface area contributed by atoms with Gasteiger partial charge in [0.2, 0.25) is 0 Å². The topological polar surface area (TPSA) is 69.7 Å². The summed E-state index contributed by atoms with van der Waals surface area (Å²) < 4.78 is 19.4. The molecule has 0 fully saturated rings. The molecule has 148 valence electrons. The first-order valence-corrected chi connectivity index (χ1v) is 9.21. The summed E-state index contributed by atoms with van der Waals surface area (Å²) in [5.74, 6) is -0.242. The highest BCUT2D eigenvalue weighted by Crippen LogP contribution is 2.22. The number of amides is 1. The molecule has 3 aromatic heterocycles. The molecular weight excluding hydrogens is 371 g/mol. The van der Waals surface area contributed by atoms with Crippen LogP contribution in [0.25, 0.3) is 11.5 Å². The van der Waals surface area contributed by atoms with Crippen LogP contribution in [-0.2, 0) is 13.6 Å². The number of hydrogen-bond acceptors (Lipinski definition) is 3. The monoisotopic (exact) mass is 392 g/mol. The van der Waals surface area contributed by atoms with E-state index in [-0.39, 0.29) is 11.6 Å². The molecule has 0 saturated heterocycles. The first kappa shape index (κ1) is 18.7. The molecule has 1 aromatic carbocycles. The Morgan fingerprint density at radius 1 is 1.14 bits per heavy atom. The van der Waals surface area contributed by atoms with Gasteiger partial charge in [-0.15, -0.1) is 0 Å². The van der Waals surface area contributed by atoms with Gasteiger partial charge in [-0.2, -0.15) is 10.2 Å². The van der Waals surface area contributed by atoms with E-state index >= 15 is 0 Å². The molecule has 4 aromatic rings. The van der Waals surface area contributed by atoms with Crippen molar-refractivity contribution < 1.29 is 9.18 Å². The Hall–Kier alpha value is -3.68. The predicted octanol–water partition coefficient (Wildman–Crippen LogP) is 3.08. The minimum Gasteiger partial charge on any atom is -0.348 e. The van der Waals surface area contributed by atoms with Crippen LogP contribution in [0.3, 0.4) is 0 Å². The third-order valence-electron chi connectivity index (χ3n) is 5.00. The van der Waals surface area contributed by atoms with Crippen LogP contribution in [-0.4, -0.2) is 30.0 Å². The third kappa shape index (κ3) is 3.33. The van der Waals surface area contributed by atoms with Crippen molar-refractivity contribution in [2.24, 2.45) is 7.05 Å². The molecule has 0 aliphatic carbocycles. The van der Waals surface area contributed by atoms with E-state index in [0.29, 0.717) is 17.9 Å². The SMILES string of the molecule is Cc1nn(C)c(C)c1CNC(=O)c1cnn(-c2ccccc2F)c1-n1cccc1. The zero-order valence-electron chi connectivity index (χ0n) is 16.4. The van der Waals surface area contributed by atoms with E-state index in [1.165, 1.54) is 16.9 Å². The van der Waals surface area contributed by atoms with E-state index < -0.39 is 5.82 Å². The molecule has 8 heteroatoms.